The average molecular weight is 155 g/mol. The van der Waals surface area contributed by atoms with Gasteiger partial charge in [0.1, 0.15) is 5.70 Å². The minimum Gasteiger partial charge on any atom is -0.477 e. The van der Waals surface area contributed by atoms with Crippen LogP contribution >= 0.6 is 0 Å². The Hall–Kier alpha value is -1.58. The molecule has 0 heterocycles. The monoisotopic (exact) mass is 155 g/mol. The smallest absolute Gasteiger partial charge is 0.352 e. The molecule has 0 aliphatic carbocycles. The Morgan fingerprint density at radius 3 is 2.09 bits per heavy atom. The molecule has 0 aromatic carbocycles. The van der Waals surface area contributed by atoms with Gasteiger partial charge in [0, 0.05) is 13.1 Å². The van der Waals surface area contributed by atoms with E-state index in [0.717, 1.165) is 11.1 Å². The van der Waals surface area contributed by atoms with Crippen molar-refractivity contribution in [1.29, 1.82) is 0 Å². The van der Waals surface area contributed by atoms with E-state index in [1.165, 1.54) is 6.92 Å². The highest BCUT2D eigenvalue weighted by molar-refractivity contribution is 5.91. The molecule has 60 valence electrons. The molecule has 0 rings (SSSR count). The van der Waals surface area contributed by atoms with Crippen molar-refractivity contribution < 1.29 is 14.7 Å². The summed E-state index contributed by atoms with van der Waals surface area (Å²) in [5.74, 6) is -1.66. The summed E-state index contributed by atoms with van der Waals surface area (Å²) in [5, 5.41) is 8.39. The van der Waals surface area contributed by atoms with Crippen molar-refractivity contribution in [3.05, 3.63) is 25.1 Å². The Morgan fingerprint density at radius 1 is 1.55 bits per heavy atom. The zero-order valence-corrected chi connectivity index (χ0v) is 6.20. The van der Waals surface area contributed by atoms with Crippen LogP contribution in [0, 0.1) is 0 Å². The lowest BCUT2D eigenvalue weighted by Gasteiger charge is -2.13. The van der Waals surface area contributed by atoms with Crippen molar-refractivity contribution >= 4 is 11.9 Å². The second-order valence-corrected chi connectivity index (χ2v) is 1.82. The molecule has 0 atom stereocenters. The Morgan fingerprint density at radius 2 is 2.00 bits per heavy atom. The summed E-state index contributed by atoms with van der Waals surface area (Å²) < 4.78 is 0. The van der Waals surface area contributed by atoms with Crippen LogP contribution in [-0.4, -0.2) is 21.9 Å². The van der Waals surface area contributed by atoms with E-state index in [1.807, 2.05) is 0 Å². The van der Waals surface area contributed by atoms with Crippen LogP contribution in [0.3, 0.4) is 0 Å². The van der Waals surface area contributed by atoms with E-state index in [0.29, 0.717) is 0 Å². The van der Waals surface area contributed by atoms with Gasteiger partial charge in [-0.25, -0.2) is 4.79 Å². The van der Waals surface area contributed by atoms with Gasteiger partial charge in [0.15, 0.2) is 0 Å². The molecule has 4 heteroatoms. The Balaban J connectivity index is 4.52. The highest BCUT2D eigenvalue weighted by Gasteiger charge is 2.14. The number of carboxylic acids is 1. The highest BCUT2D eigenvalue weighted by Crippen LogP contribution is 2.01. The third-order valence-electron chi connectivity index (χ3n) is 1.06. The van der Waals surface area contributed by atoms with Gasteiger partial charge in [-0.15, -0.1) is 0 Å². The van der Waals surface area contributed by atoms with Crippen molar-refractivity contribution in [1.82, 2.24) is 4.90 Å². The predicted octanol–water partition coefficient (Wildman–Crippen LogP) is 0.577. The summed E-state index contributed by atoms with van der Waals surface area (Å²) in [6, 6.07) is 0. The summed E-state index contributed by atoms with van der Waals surface area (Å²) in [7, 11) is 0. The number of aliphatic carboxylic acids is 1. The number of carboxylic acid groups (broad SMARTS) is 1. The first-order valence-corrected chi connectivity index (χ1v) is 2.85. The van der Waals surface area contributed by atoms with E-state index >= 15 is 0 Å². The number of hydrogen-bond acceptors (Lipinski definition) is 2. The van der Waals surface area contributed by atoms with Crippen LogP contribution in [0.15, 0.2) is 25.1 Å². The van der Waals surface area contributed by atoms with Crippen LogP contribution in [0.25, 0.3) is 0 Å². The molecule has 1 amide bonds. The first-order valence-electron chi connectivity index (χ1n) is 2.85. The molecule has 4 nitrogen and oxygen atoms in total. The van der Waals surface area contributed by atoms with E-state index in [2.05, 4.69) is 13.2 Å². The lowest BCUT2D eigenvalue weighted by atomic mass is 10.4. The van der Waals surface area contributed by atoms with Crippen LogP contribution in [0.2, 0.25) is 0 Å². The van der Waals surface area contributed by atoms with Crippen molar-refractivity contribution in [2.75, 3.05) is 0 Å². The van der Waals surface area contributed by atoms with Crippen LogP contribution in [0.1, 0.15) is 6.92 Å². The van der Waals surface area contributed by atoms with E-state index in [9.17, 15) is 9.59 Å². The van der Waals surface area contributed by atoms with Crippen molar-refractivity contribution in [3.63, 3.8) is 0 Å². The van der Waals surface area contributed by atoms with Gasteiger partial charge in [-0.1, -0.05) is 13.2 Å². The lowest BCUT2D eigenvalue weighted by Crippen LogP contribution is -2.25. The summed E-state index contributed by atoms with van der Waals surface area (Å²) >= 11 is 0. The SMILES string of the molecule is C=CN(C(=C)C(=O)O)C(C)=O. The van der Waals surface area contributed by atoms with Gasteiger partial charge in [0.2, 0.25) is 5.91 Å². The van der Waals surface area contributed by atoms with Crippen molar-refractivity contribution in [3.8, 4) is 0 Å². The van der Waals surface area contributed by atoms with Gasteiger partial charge < -0.3 is 5.11 Å². The Bertz CT molecular complexity index is 220. The summed E-state index contributed by atoms with van der Waals surface area (Å²) in [6.07, 6.45) is 1.11. The number of rotatable bonds is 3. The topological polar surface area (TPSA) is 57.6 Å². The molecule has 0 spiro atoms. The normalized spacial score (nSPS) is 8.45. The second kappa shape index (κ2) is 3.55. The fourth-order valence-corrected chi connectivity index (χ4v) is 0.532. The fourth-order valence-electron chi connectivity index (χ4n) is 0.532. The van der Waals surface area contributed by atoms with Gasteiger partial charge in [-0.3, -0.25) is 9.69 Å². The van der Waals surface area contributed by atoms with Crippen LogP contribution in [0.4, 0.5) is 0 Å². The van der Waals surface area contributed by atoms with Gasteiger partial charge >= 0.3 is 5.97 Å². The molecule has 0 aliphatic heterocycles. The quantitative estimate of drug-likeness (QED) is 0.606. The zero-order valence-electron chi connectivity index (χ0n) is 6.20. The van der Waals surface area contributed by atoms with Crippen LogP contribution < -0.4 is 0 Å². The third kappa shape index (κ3) is 2.25. The number of nitrogens with zero attached hydrogens (tertiary/aromatic N) is 1. The number of hydrogen-bond donors (Lipinski definition) is 1. The minimum absolute atomic E-state index is 0.299. The number of amides is 1. The average Bonchev–Trinajstić information content (AvgIpc) is 1.88. The van der Waals surface area contributed by atoms with Gasteiger partial charge in [0.25, 0.3) is 0 Å². The van der Waals surface area contributed by atoms with Gasteiger partial charge in [-0.2, -0.15) is 0 Å². The largest absolute Gasteiger partial charge is 0.477 e. The Labute approximate surface area is 64.4 Å². The number of carbonyl (C=O) groups excluding carboxylic acids is 1. The predicted molar refractivity (Wildman–Crippen MR) is 39.5 cm³/mol. The molecule has 0 saturated heterocycles. The number of carbonyl (C=O) groups is 2. The van der Waals surface area contributed by atoms with E-state index in [4.69, 9.17) is 5.11 Å². The first kappa shape index (κ1) is 9.42. The maximum Gasteiger partial charge on any atom is 0.352 e. The standard InChI is InChI=1S/C7H9NO3/c1-4-8(6(3)9)5(2)7(10)11/h4H,1-2H2,3H3,(H,10,11). The maximum absolute atomic E-state index is 10.7. The van der Waals surface area contributed by atoms with Gasteiger partial charge in [0.05, 0.1) is 0 Å². The van der Waals surface area contributed by atoms with Gasteiger partial charge in [-0.05, 0) is 0 Å². The highest BCUT2D eigenvalue weighted by atomic mass is 16.4. The van der Waals surface area contributed by atoms with E-state index < -0.39 is 11.9 Å². The lowest BCUT2D eigenvalue weighted by molar-refractivity contribution is -0.137. The Kier molecular flexibility index (Phi) is 3.04. The van der Waals surface area contributed by atoms with Crippen molar-refractivity contribution in [2.24, 2.45) is 0 Å². The molecule has 0 aliphatic rings. The molecule has 11 heavy (non-hydrogen) atoms. The molecule has 0 aromatic rings. The van der Waals surface area contributed by atoms with Crippen molar-refractivity contribution in [2.45, 2.75) is 6.92 Å². The summed E-state index contributed by atoms with van der Waals surface area (Å²) in [4.78, 5) is 21.8. The summed E-state index contributed by atoms with van der Waals surface area (Å²) in [5.41, 5.74) is -0.299. The van der Waals surface area contributed by atoms with E-state index in [-0.39, 0.29) is 5.70 Å². The molecule has 1 N–H and O–H groups in total. The fraction of sp³-hybridized carbons (Fsp3) is 0.143. The molecule has 0 aromatic heterocycles. The molecular formula is C7H9NO3. The maximum atomic E-state index is 10.7. The zero-order chi connectivity index (χ0) is 9.02. The summed E-state index contributed by atoms with van der Waals surface area (Å²) in [6.45, 7) is 7.68. The first-order chi connectivity index (χ1) is 5.00. The van der Waals surface area contributed by atoms with Crippen LogP contribution in [0.5, 0.6) is 0 Å². The molecule has 0 unspecified atom stereocenters. The molecule has 0 radical (unpaired) electrons. The minimum atomic E-state index is -1.24. The third-order valence-corrected chi connectivity index (χ3v) is 1.06. The molecular weight excluding hydrogens is 146 g/mol. The van der Waals surface area contributed by atoms with Crippen LogP contribution in [-0.2, 0) is 9.59 Å². The molecule has 0 fully saturated rings. The molecule has 0 bridgehead atoms. The molecule has 0 saturated carbocycles. The van der Waals surface area contributed by atoms with E-state index in [1.54, 1.807) is 0 Å². The second-order valence-electron chi connectivity index (χ2n) is 1.82.